The van der Waals surface area contributed by atoms with E-state index in [1.165, 1.54) is 11.1 Å². The lowest BCUT2D eigenvalue weighted by atomic mass is 10.1. The molecule has 0 heterocycles. The van der Waals surface area contributed by atoms with Crippen LogP contribution in [-0.4, -0.2) is 11.1 Å². The molecule has 0 aliphatic rings. The second-order valence-electron chi connectivity index (χ2n) is 6.28. The average Bonchev–Trinajstić information content (AvgIpc) is 2.66. The Morgan fingerprint density at radius 1 is 0.808 bits per heavy atom. The molecule has 3 N–H and O–H groups in total. The molecule has 26 heavy (non-hydrogen) atoms. The Balaban J connectivity index is 1.54. The molecule has 0 fully saturated rings. The Morgan fingerprint density at radius 3 is 1.88 bits per heavy atom. The molecule has 0 amide bonds. The van der Waals surface area contributed by atoms with Crippen LogP contribution in [0.2, 0.25) is 0 Å². The van der Waals surface area contributed by atoms with E-state index in [4.69, 9.17) is 5.11 Å². The fourth-order valence-electron chi connectivity index (χ4n) is 2.70. The summed E-state index contributed by atoms with van der Waals surface area (Å²) in [6.07, 6.45) is 0. The summed E-state index contributed by atoms with van der Waals surface area (Å²) in [6.45, 7) is 3.51. The van der Waals surface area contributed by atoms with Crippen molar-refractivity contribution in [2.24, 2.45) is 0 Å². The number of anilines is 2. The molecule has 0 atom stereocenters. The topological polar surface area (TPSA) is 61.4 Å². The van der Waals surface area contributed by atoms with Crippen LogP contribution in [0.5, 0.6) is 0 Å². The number of rotatable bonds is 7. The predicted octanol–water partition coefficient (Wildman–Crippen LogP) is 4.92. The molecular formula is C22H22N2O2. The van der Waals surface area contributed by atoms with Crippen LogP contribution in [-0.2, 0) is 13.1 Å². The number of benzene rings is 3. The highest BCUT2D eigenvalue weighted by atomic mass is 16.4. The lowest BCUT2D eigenvalue weighted by Gasteiger charge is -2.10. The van der Waals surface area contributed by atoms with Gasteiger partial charge in [-0.15, -0.1) is 0 Å². The van der Waals surface area contributed by atoms with Gasteiger partial charge >= 0.3 is 5.97 Å². The van der Waals surface area contributed by atoms with Gasteiger partial charge in [-0.2, -0.15) is 0 Å². The fourth-order valence-corrected chi connectivity index (χ4v) is 2.70. The lowest BCUT2D eigenvalue weighted by Crippen LogP contribution is -2.03. The number of hydrogen-bond acceptors (Lipinski definition) is 3. The molecule has 132 valence electrons. The van der Waals surface area contributed by atoms with Crippen LogP contribution in [0, 0.1) is 6.92 Å². The SMILES string of the molecule is Cc1cccc(NCc2ccc(CNc3cccc(C(=O)O)c3)cc2)c1. The molecule has 0 aliphatic carbocycles. The van der Waals surface area contributed by atoms with Crippen molar-refractivity contribution in [1.29, 1.82) is 0 Å². The minimum Gasteiger partial charge on any atom is -0.478 e. The zero-order valence-electron chi connectivity index (χ0n) is 14.7. The molecule has 3 rings (SSSR count). The van der Waals surface area contributed by atoms with E-state index < -0.39 is 5.97 Å². The molecular weight excluding hydrogens is 324 g/mol. The highest BCUT2D eigenvalue weighted by Gasteiger charge is 2.03. The van der Waals surface area contributed by atoms with Gasteiger partial charge in [-0.05, 0) is 53.9 Å². The van der Waals surface area contributed by atoms with Gasteiger partial charge < -0.3 is 15.7 Å². The summed E-state index contributed by atoms with van der Waals surface area (Å²) in [5, 5.41) is 15.7. The number of aryl methyl sites for hydroxylation is 1. The maximum absolute atomic E-state index is 11.0. The van der Waals surface area contributed by atoms with Gasteiger partial charge in [-0.1, -0.05) is 42.5 Å². The molecule has 0 aromatic heterocycles. The van der Waals surface area contributed by atoms with Crippen LogP contribution in [0.4, 0.5) is 11.4 Å². The first kappa shape index (κ1) is 17.5. The van der Waals surface area contributed by atoms with Crippen molar-refractivity contribution in [3.8, 4) is 0 Å². The predicted molar refractivity (Wildman–Crippen MR) is 106 cm³/mol. The van der Waals surface area contributed by atoms with Crippen LogP contribution in [0.15, 0.2) is 72.8 Å². The monoisotopic (exact) mass is 346 g/mol. The second-order valence-corrected chi connectivity index (χ2v) is 6.28. The van der Waals surface area contributed by atoms with Gasteiger partial charge in [0.2, 0.25) is 0 Å². The maximum atomic E-state index is 11.0. The van der Waals surface area contributed by atoms with Crippen LogP contribution in [0.25, 0.3) is 0 Å². The fraction of sp³-hybridized carbons (Fsp3) is 0.136. The molecule has 4 nitrogen and oxygen atoms in total. The first-order valence-corrected chi connectivity index (χ1v) is 8.56. The van der Waals surface area contributed by atoms with Gasteiger partial charge in [0.05, 0.1) is 5.56 Å². The van der Waals surface area contributed by atoms with E-state index in [1.807, 2.05) is 12.1 Å². The molecule has 0 aliphatic heterocycles. The normalized spacial score (nSPS) is 10.3. The zero-order valence-corrected chi connectivity index (χ0v) is 14.7. The van der Waals surface area contributed by atoms with Crippen molar-refractivity contribution < 1.29 is 9.90 Å². The molecule has 0 unspecified atom stereocenters. The van der Waals surface area contributed by atoms with E-state index in [0.717, 1.165) is 23.5 Å². The molecule has 3 aromatic carbocycles. The van der Waals surface area contributed by atoms with Gasteiger partial charge in [-0.25, -0.2) is 4.79 Å². The number of hydrogen-bond donors (Lipinski definition) is 3. The smallest absolute Gasteiger partial charge is 0.335 e. The molecule has 0 saturated heterocycles. The summed E-state index contributed by atoms with van der Waals surface area (Å²) >= 11 is 0. The molecule has 0 spiro atoms. The van der Waals surface area contributed by atoms with Crippen LogP contribution in [0.1, 0.15) is 27.0 Å². The van der Waals surface area contributed by atoms with Gasteiger partial charge in [0.15, 0.2) is 0 Å². The summed E-state index contributed by atoms with van der Waals surface area (Å²) in [5.41, 5.74) is 5.80. The molecule has 0 radical (unpaired) electrons. The summed E-state index contributed by atoms with van der Waals surface area (Å²) in [6, 6.07) is 23.5. The first-order valence-electron chi connectivity index (χ1n) is 8.56. The summed E-state index contributed by atoms with van der Waals surface area (Å²) in [5.74, 6) is -0.917. The quantitative estimate of drug-likeness (QED) is 0.568. The van der Waals surface area contributed by atoms with Crippen molar-refractivity contribution in [3.05, 3.63) is 95.1 Å². The number of carboxylic acid groups (broad SMARTS) is 1. The van der Waals surface area contributed by atoms with E-state index >= 15 is 0 Å². The van der Waals surface area contributed by atoms with Crippen molar-refractivity contribution in [2.45, 2.75) is 20.0 Å². The summed E-state index contributed by atoms with van der Waals surface area (Å²) in [7, 11) is 0. The number of nitrogens with one attached hydrogen (secondary N) is 2. The second kappa shape index (κ2) is 8.21. The zero-order chi connectivity index (χ0) is 18.4. The molecule has 3 aromatic rings. The Kier molecular flexibility index (Phi) is 5.54. The van der Waals surface area contributed by atoms with Crippen molar-refractivity contribution in [3.63, 3.8) is 0 Å². The van der Waals surface area contributed by atoms with E-state index in [0.29, 0.717) is 6.54 Å². The van der Waals surface area contributed by atoms with Crippen LogP contribution in [0.3, 0.4) is 0 Å². The largest absolute Gasteiger partial charge is 0.478 e. The first-order chi connectivity index (χ1) is 12.6. The molecule has 4 heteroatoms. The van der Waals surface area contributed by atoms with Crippen molar-refractivity contribution in [2.75, 3.05) is 10.6 Å². The van der Waals surface area contributed by atoms with Gasteiger partial charge in [0.1, 0.15) is 0 Å². The van der Waals surface area contributed by atoms with Gasteiger partial charge in [-0.3, -0.25) is 0 Å². The Labute approximate surface area is 153 Å². The van der Waals surface area contributed by atoms with Crippen LogP contribution >= 0.6 is 0 Å². The Bertz CT molecular complexity index is 889. The number of aromatic carboxylic acids is 1. The summed E-state index contributed by atoms with van der Waals surface area (Å²) in [4.78, 5) is 11.0. The van der Waals surface area contributed by atoms with E-state index in [2.05, 4.69) is 60.0 Å². The van der Waals surface area contributed by atoms with Crippen molar-refractivity contribution >= 4 is 17.3 Å². The third kappa shape index (κ3) is 4.86. The Morgan fingerprint density at radius 2 is 1.35 bits per heavy atom. The highest BCUT2D eigenvalue weighted by Crippen LogP contribution is 2.14. The average molecular weight is 346 g/mol. The number of carbonyl (C=O) groups is 1. The van der Waals surface area contributed by atoms with E-state index in [-0.39, 0.29) is 5.56 Å². The van der Waals surface area contributed by atoms with E-state index in [9.17, 15) is 4.79 Å². The Hall–Kier alpha value is -3.27. The van der Waals surface area contributed by atoms with Crippen LogP contribution < -0.4 is 10.6 Å². The summed E-state index contributed by atoms with van der Waals surface area (Å²) < 4.78 is 0. The van der Waals surface area contributed by atoms with E-state index in [1.54, 1.807) is 18.2 Å². The molecule has 0 bridgehead atoms. The minimum absolute atomic E-state index is 0.285. The third-order valence-corrected chi connectivity index (χ3v) is 4.14. The maximum Gasteiger partial charge on any atom is 0.335 e. The lowest BCUT2D eigenvalue weighted by molar-refractivity contribution is 0.0697. The standard InChI is InChI=1S/C22H22N2O2/c1-16-4-2-6-20(12-16)23-14-17-8-10-18(11-9-17)15-24-21-7-3-5-19(13-21)22(25)26/h2-13,23-24H,14-15H2,1H3,(H,25,26). The third-order valence-electron chi connectivity index (χ3n) is 4.14. The van der Waals surface area contributed by atoms with Crippen molar-refractivity contribution in [1.82, 2.24) is 0 Å². The molecule has 0 saturated carbocycles. The number of carboxylic acids is 1. The minimum atomic E-state index is -0.917. The van der Waals surface area contributed by atoms with Gasteiger partial charge in [0, 0.05) is 24.5 Å². The van der Waals surface area contributed by atoms with Gasteiger partial charge in [0.25, 0.3) is 0 Å². The highest BCUT2D eigenvalue weighted by molar-refractivity contribution is 5.88.